The number of aryl methyl sites for hydroxylation is 1. The van der Waals surface area contributed by atoms with Crippen LogP contribution in [0.5, 0.6) is 0 Å². The van der Waals surface area contributed by atoms with Crippen molar-refractivity contribution in [3.8, 4) is 5.69 Å². The molecule has 98 valence electrons. The minimum atomic E-state index is -1.38. The van der Waals surface area contributed by atoms with Crippen LogP contribution in [0.15, 0.2) is 29.2 Å². The predicted octanol–water partition coefficient (Wildman–Crippen LogP) is 2.55. The van der Waals surface area contributed by atoms with Crippen molar-refractivity contribution in [2.75, 3.05) is 0 Å². The minimum Gasteiger partial charge on any atom is -0.476 e. The second kappa shape index (κ2) is 5.03. The van der Waals surface area contributed by atoms with Gasteiger partial charge in [0.25, 0.3) is 0 Å². The number of rotatable bonds is 2. The van der Waals surface area contributed by atoms with Gasteiger partial charge in [-0.3, -0.25) is 4.79 Å². The van der Waals surface area contributed by atoms with Gasteiger partial charge >= 0.3 is 5.97 Å². The fourth-order valence-electron chi connectivity index (χ4n) is 1.55. The summed E-state index contributed by atoms with van der Waals surface area (Å²) in [6.07, 6.45) is 1.43. The normalized spacial score (nSPS) is 10.5. The summed E-state index contributed by atoms with van der Waals surface area (Å²) >= 11 is 11.7. The van der Waals surface area contributed by atoms with E-state index >= 15 is 0 Å². The molecule has 0 atom stereocenters. The molecule has 5 nitrogen and oxygen atoms in total. The van der Waals surface area contributed by atoms with Gasteiger partial charge in [0.2, 0.25) is 11.1 Å². The number of benzene rings is 1. The van der Waals surface area contributed by atoms with Gasteiger partial charge in [-0.2, -0.15) is 5.10 Å². The molecular weight excluding hydrogens is 291 g/mol. The highest BCUT2D eigenvalue weighted by atomic mass is 35.5. The van der Waals surface area contributed by atoms with Crippen LogP contribution < -0.4 is 5.43 Å². The largest absolute Gasteiger partial charge is 0.476 e. The van der Waals surface area contributed by atoms with Crippen molar-refractivity contribution in [1.82, 2.24) is 9.78 Å². The van der Waals surface area contributed by atoms with Crippen LogP contribution in [0.1, 0.15) is 16.1 Å². The molecule has 0 aliphatic carbocycles. The highest BCUT2D eigenvalue weighted by Gasteiger charge is 2.14. The average Bonchev–Trinajstić information content (AvgIpc) is 2.30. The summed E-state index contributed by atoms with van der Waals surface area (Å²) in [5.74, 6) is -1.38. The van der Waals surface area contributed by atoms with E-state index in [-0.39, 0.29) is 5.56 Å². The lowest BCUT2D eigenvalue weighted by molar-refractivity contribution is 0.0686. The molecule has 0 aliphatic rings. The molecular formula is C12H8Cl2N2O3. The fraction of sp³-hybridized carbons (Fsp3) is 0.0833. The Morgan fingerprint density at radius 3 is 2.37 bits per heavy atom. The van der Waals surface area contributed by atoms with Crippen LogP contribution in [-0.4, -0.2) is 20.9 Å². The number of carbonyl (C=O) groups is 1. The number of nitrogens with zero attached hydrogens (tertiary/aromatic N) is 2. The Balaban J connectivity index is 2.69. The summed E-state index contributed by atoms with van der Waals surface area (Å²) in [6, 6.07) is 4.67. The van der Waals surface area contributed by atoms with Gasteiger partial charge in [0, 0.05) is 21.8 Å². The maximum absolute atomic E-state index is 11.6. The lowest BCUT2D eigenvalue weighted by Gasteiger charge is -2.08. The Morgan fingerprint density at radius 2 is 1.84 bits per heavy atom. The van der Waals surface area contributed by atoms with Gasteiger partial charge in [0.1, 0.15) is 0 Å². The third-order valence-corrected chi connectivity index (χ3v) is 2.85. The zero-order valence-electron chi connectivity index (χ0n) is 9.72. The van der Waals surface area contributed by atoms with Gasteiger partial charge in [-0.05, 0) is 25.1 Å². The van der Waals surface area contributed by atoms with Gasteiger partial charge in [-0.1, -0.05) is 23.2 Å². The first kappa shape index (κ1) is 13.6. The molecule has 0 saturated carbocycles. The van der Waals surface area contributed by atoms with E-state index in [1.807, 2.05) is 0 Å². The number of halogens is 2. The Labute approximate surface area is 118 Å². The molecule has 19 heavy (non-hydrogen) atoms. The number of aromatic carboxylic acids is 1. The molecule has 0 saturated heterocycles. The zero-order valence-corrected chi connectivity index (χ0v) is 11.2. The quantitative estimate of drug-likeness (QED) is 0.925. The predicted molar refractivity (Wildman–Crippen MR) is 71.6 cm³/mol. The van der Waals surface area contributed by atoms with E-state index in [1.165, 1.54) is 17.8 Å². The summed E-state index contributed by atoms with van der Waals surface area (Å²) < 4.78 is 1.26. The third kappa shape index (κ3) is 2.77. The molecule has 1 N–H and O–H groups in total. The van der Waals surface area contributed by atoms with Crippen LogP contribution in [0.2, 0.25) is 10.0 Å². The SMILES string of the molecule is Cc1cn(-c2cc(Cl)cc(Cl)c2)nc(C(=O)O)c1=O. The first-order valence-corrected chi connectivity index (χ1v) is 5.94. The Kier molecular flexibility index (Phi) is 3.59. The highest BCUT2D eigenvalue weighted by Crippen LogP contribution is 2.21. The fourth-order valence-corrected chi connectivity index (χ4v) is 2.07. The molecule has 7 heteroatoms. The smallest absolute Gasteiger partial charge is 0.360 e. The van der Waals surface area contributed by atoms with E-state index in [1.54, 1.807) is 18.2 Å². The molecule has 0 fully saturated rings. The van der Waals surface area contributed by atoms with E-state index in [4.69, 9.17) is 28.3 Å². The van der Waals surface area contributed by atoms with Crippen molar-refractivity contribution >= 4 is 29.2 Å². The monoisotopic (exact) mass is 298 g/mol. The molecule has 0 radical (unpaired) electrons. The lowest BCUT2D eigenvalue weighted by atomic mass is 10.2. The van der Waals surface area contributed by atoms with Gasteiger partial charge < -0.3 is 5.11 Å². The van der Waals surface area contributed by atoms with Crippen molar-refractivity contribution in [1.29, 1.82) is 0 Å². The van der Waals surface area contributed by atoms with Gasteiger partial charge in [0.15, 0.2) is 0 Å². The Morgan fingerprint density at radius 1 is 1.26 bits per heavy atom. The van der Waals surface area contributed by atoms with Gasteiger partial charge in [0.05, 0.1) is 5.69 Å². The van der Waals surface area contributed by atoms with Crippen molar-refractivity contribution in [3.63, 3.8) is 0 Å². The second-order valence-corrected chi connectivity index (χ2v) is 4.74. The van der Waals surface area contributed by atoms with Crippen molar-refractivity contribution in [3.05, 3.63) is 55.9 Å². The number of carboxylic acids is 1. The van der Waals surface area contributed by atoms with Crippen LogP contribution >= 0.6 is 23.2 Å². The topological polar surface area (TPSA) is 72.2 Å². The van der Waals surface area contributed by atoms with Crippen LogP contribution in [0.25, 0.3) is 5.69 Å². The van der Waals surface area contributed by atoms with Crippen LogP contribution in [0.3, 0.4) is 0 Å². The zero-order chi connectivity index (χ0) is 14.2. The van der Waals surface area contributed by atoms with E-state index in [0.29, 0.717) is 15.7 Å². The molecule has 1 aromatic carbocycles. The van der Waals surface area contributed by atoms with Crippen molar-refractivity contribution in [2.24, 2.45) is 0 Å². The number of hydrogen-bond acceptors (Lipinski definition) is 3. The number of hydrogen-bond donors (Lipinski definition) is 1. The molecule has 2 aromatic rings. The maximum Gasteiger partial charge on any atom is 0.360 e. The summed E-state index contributed by atoms with van der Waals surface area (Å²) in [4.78, 5) is 22.6. The number of aromatic nitrogens is 2. The van der Waals surface area contributed by atoms with E-state index in [0.717, 1.165) is 0 Å². The van der Waals surface area contributed by atoms with Crippen LogP contribution in [0, 0.1) is 6.92 Å². The first-order chi connectivity index (χ1) is 8.88. The van der Waals surface area contributed by atoms with Crippen molar-refractivity contribution in [2.45, 2.75) is 6.92 Å². The van der Waals surface area contributed by atoms with Crippen LogP contribution in [0.4, 0.5) is 0 Å². The Hall–Kier alpha value is -1.85. The minimum absolute atomic E-state index is 0.267. The Bertz CT molecular complexity index is 705. The molecule has 2 rings (SSSR count). The molecule has 0 bridgehead atoms. The van der Waals surface area contributed by atoms with Crippen LogP contribution in [-0.2, 0) is 0 Å². The average molecular weight is 299 g/mol. The molecule has 0 amide bonds. The van der Waals surface area contributed by atoms with E-state index in [2.05, 4.69) is 5.10 Å². The lowest BCUT2D eigenvalue weighted by Crippen LogP contribution is -2.23. The van der Waals surface area contributed by atoms with Crippen molar-refractivity contribution < 1.29 is 9.90 Å². The van der Waals surface area contributed by atoms with Gasteiger partial charge in [-0.15, -0.1) is 0 Å². The second-order valence-electron chi connectivity index (χ2n) is 3.87. The highest BCUT2D eigenvalue weighted by molar-refractivity contribution is 6.34. The maximum atomic E-state index is 11.6. The summed E-state index contributed by atoms with van der Waals surface area (Å²) in [5.41, 5.74) is -0.417. The molecule has 0 aliphatic heterocycles. The molecule has 1 aromatic heterocycles. The molecule has 0 unspecified atom stereocenters. The van der Waals surface area contributed by atoms with Gasteiger partial charge in [-0.25, -0.2) is 9.48 Å². The standard InChI is InChI=1S/C12H8Cl2N2O3/c1-6-5-16(15-10(11(6)17)12(18)19)9-3-7(13)2-8(14)4-9/h2-5H,1H3,(H,18,19). The number of carboxylic acid groups (broad SMARTS) is 1. The summed E-state index contributed by atoms with van der Waals surface area (Å²) in [5, 5.41) is 13.5. The van der Waals surface area contributed by atoms with E-state index < -0.39 is 17.1 Å². The third-order valence-electron chi connectivity index (χ3n) is 2.41. The molecule has 0 spiro atoms. The van der Waals surface area contributed by atoms with E-state index in [9.17, 15) is 9.59 Å². The summed E-state index contributed by atoms with van der Waals surface area (Å²) in [6.45, 7) is 1.51. The molecule has 1 heterocycles. The first-order valence-electron chi connectivity index (χ1n) is 5.19. The summed E-state index contributed by atoms with van der Waals surface area (Å²) in [7, 11) is 0.